The number of thiophene rings is 1. The molecule has 1 saturated heterocycles. The third kappa shape index (κ3) is 2.26. The zero-order chi connectivity index (χ0) is 15.7. The van der Waals surface area contributed by atoms with E-state index in [2.05, 4.69) is 5.32 Å². The van der Waals surface area contributed by atoms with Gasteiger partial charge in [-0.05, 0) is 47.0 Å². The van der Waals surface area contributed by atoms with Crippen LogP contribution in [-0.4, -0.2) is 16.8 Å². The SMILES string of the molecule is C[C@]1(c2ccsc2)NC(=O)N(Cc2ccc(C#N)cc2)C1=O. The third-order valence-electron chi connectivity index (χ3n) is 3.80. The minimum Gasteiger partial charge on any atom is -0.319 e. The maximum absolute atomic E-state index is 12.7. The Morgan fingerprint density at radius 1 is 1.27 bits per heavy atom. The van der Waals surface area contributed by atoms with Crippen molar-refractivity contribution in [3.63, 3.8) is 0 Å². The Labute approximate surface area is 131 Å². The number of urea groups is 1. The molecular formula is C16H13N3O2S. The molecule has 3 rings (SSSR count). The molecule has 0 spiro atoms. The fourth-order valence-electron chi connectivity index (χ4n) is 2.45. The molecule has 2 heterocycles. The van der Waals surface area contributed by atoms with E-state index >= 15 is 0 Å². The van der Waals surface area contributed by atoms with Crippen LogP contribution in [0.1, 0.15) is 23.6 Å². The molecule has 0 radical (unpaired) electrons. The molecule has 0 saturated carbocycles. The van der Waals surface area contributed by atoms with Crippen LogP contribution >= 0.6 is 11.3 Å². The summed E-state index contributed by atoms with van der Waals surface area (Å²) in [4.78, 5) is 26.0. The van der Waals surface area contributed by atoms with Gasteiger partial charge in [0, 0.05) is 0 Å². The average molecular weight is 311 g/mol. The quantitative estimate of drug-likeness (QED) is 0.885. The van der Waals surface area contributed by atoms with Crippen molar-refractivity contribution in [2.24, 2.45) is 0 Å². The number of carbonyl (C=O) groups excluding carboxylic acids is 2. The number of amides is 3. The van der Waals surface area contributed by atoms with Crippen LogP contribution in [0, 0.1) is 11.3 Å². The molecule has 5 nitrogen and oxygen atoms in total. The van der Waals surface area contributed by atoms with Gasteiger partial charge in [0.15, 0.2) is 0 Å². The molecule has 0 unspecified atom stereocenters. The van der Waals surface area contributed by atoms with Crippen LogP contribution in [0.15, 0.2) is 41.1 Å². The summed E-state index contributed by atoms with van der Waals surface area (Å²) >= 11 is 1.48. The zero-order valence-electron chi connectivity index (χ0n) is 11.9. The number of rotatable bonds is 3. The molecule has 2 aromatic rings. The summed E-state index contributed by atoms with van der Waals surface area (Å²) in [6, 6.07) is 10.3. The molecule has 6 heteroatoms. The van der Waals surface area contributed by atoms with E-state index in [1.807, 2.05) is 22.9 Å². The first-order valence-electron chi connectivity index (χ1n) is 6.70. The topological polar surface area (TPSA) is 73.2 Å². The van der Waals surface area contributed by atoms with Crippen molar-refractivity contribution in [2.45, 2.75) is 19.0 Å². The van der Waals surface area contributed by atoms with Gasteiger partial charge in [-0.3, -0.25) is 9.69 Å². The molecule has 1 aromatic carbocycles. The van der Waals surface area contributed by atoms with Crippen LogP contribution in [0.4, 0.5) is 4.79 Å². The van der Waals surface area contributed by atoms with Gasteiger partial charge in [0.25, 0.3) is 5.91 Å². The fraction of sp³-hybridized carbons (Fsp3) is 0.188. The molecule has 110 valence electrons. The van der Waals surface area contributed by atoms with Gasteiger partial charge in [0.05, 0.1) is 18.2 Å². The summed E-state index contributed by atoms with van der Waals surface area (Å²) in [6.45, 7) is 1.91. The monoisotopic (exact) mass is 311 g/mol. The van der Waals surface area contributed by atoms with Crippen LogP contribution in [0.5, 0.6) is 0 Å². The Bertz CT molecular complexity index is 762. The lowest BCUT2D eigenvalue weighted by atomic mass is 9.95. The summed E-state index contributed by atoms with van der Waals surface area (Å²) in [7, 11) is 0. The molecule has 1 aliphatic rings. The first-order valence-corrected chi connectivity index (χ1v) is 7.65. The van der Waals surface area contributed by atoms with Crippen molar-refractivity contribution in [3.8, 4) is 6.07 Å². The Morgan fingerprint density at radius 3 is 2.59 bits per heavy atom. The maximum atomic E-state index is 12.7. The van der Waals surface area contributed by atoms with Gasteiger partial charge in [-0.15, -0.1) is 0 Å². The molecule has 1 N–H and O–H groups in total. The van der Waals surface area contributed by atoms with Gasteiger partial charge in [-0.1, -0.05) is 12.1 Å². The van der Waals surface area contributed by atoms with Gasteiger partial charge in [-0.25, -0.2) is 4.79 Å². The molecule has 1 fully saturated rings. The van der Waals surface area contributed by atoms with Crippen LogP contribution in [0.25, 0.3) is 0 Å². The van der Waals surface area contributed by atoms with E-state index in [0.717, 1.165) is 11.1 Å². The van der Waals surface area contributed by atoms with Crippen molar-refractivity contribution < 1.29 is 9.59 Å². The largest absolute Gasteiger partial charge is 0.325 e. The lowest BCUT2D eigenvalue weighted by Crippen LogP contribution is -2.40. The van der Waals surface area contributed by atoms with Gasteiger partial charge in [0.2, 0.25) is 0 Å². The highest BCUT2D eigenvalue weighted by atomic mass is 32.1. The van der Waals surface area contributed by atoms with E-state index in [1.165, 1.54) is 16.2 Å². The molecule has 1 aliphatic heterocycles. The van der Waals surface area contributed by atoms with Crippen LogP contribution in [-0.2, 0) is 16.9 Å². The van der Waals surface area contributed by atoms with E-state index in [0.29, 0.717) is 5.56 Å². The third-order valence-corrected chi connectivity index (χ3v) is 4.48. The Kier molecular flexibility index (Phi) is 3.43. The van der Waals surface area contributed by atoms with Crippen molar-refractivity contribution in [1.82, 2.24) is 10.2 Å². The second-order valence-electron chi connectivity index (χ2n) is 5.27. The molecule has 22 heavy (non-hydrogen) atoms. The minimum atomic E-state index is -1.01. The van der Waals surface area contributed by atoms with Crippen molar-refractivity contribution in [2.75, 3.05) is 0 Å². The van der Waals surface area contributed by atoms with Crippen molar-refractivity contribution in [1.29, 1.82) is 5.26 Å². The summed E-state index contributed by atoms with van der Waals surface area (Å²) in [5.41, 5.74) is 1.13. The lowest BCUT2D eigenvalue weighted by Gasteiger charge is -2.20. The number of hydrogen-bond acceptors (Lipinski definition) is 4. The summed E-state index contributed by atoms with van der Waals surface area (Å²) in [5.74, 6) is -0.264. The zero-order valence-corrected chi connectivity index (χ0v) is 12.7. The minimum absolute atomic E-state index is 0.191. The summed E-state index contributed by atoms with van der Waals surface area (Å²) < 4.78 is 0. The molecular weight excluding hydrogens is 298 g/mol. The second-order valence-corrected chi connectivity index (χ2v) is 6.05. The molecule has 3 amide bonds. The normalized spacial score (nSPS) is 20.8. The molecule has 0 bridgehead atoms. The number of nitrogens with zero attached hydrogens (tertiary/aromatic N) is 2. The molecule has 0 aliphatic carbocycles. The van der Waals surface area contributed by atoms with E-state index in [1.54, 1.807) is 31.2 Å². The Morgan fingerprint density at radius 2 is 2.00 bits per heavy atom. The number of nitrogens with one attached hydrogen (secondary N) is 1. The smallest absolute Gasteiger partial charge is 0.319 e. The highest BCUT2D eigenvalue weighted by molar-refractivity contribution is 7.08. The Hall–Kier alpha value is -2.65. The van der Waals surface area contributed by atoms with Crippen LogP contribution in [0.3, 0.4) is 0 Å². The molecule has 1 atom stereocenters. The van der Waals surface area contributed by atoms with Gasteiger partial charge in [-0.2, -0.15) is 16.6 Å². The van der Waals surface area contributed by atoms with Crippen molar-refractivity contribution in [3.05, 3.63) is 57.8 Å². The fourth-order valence-corrected chi connectivity index (χ4v) is 3.22. The highest BCUT2D eigenvalue weighted by Crippen LogP contribution is 2.31. The number of nitriles is 1. The number of carbonyl (C=O) groups is 2. The highest BCUT2D eigenvalue weighted by Gasteiger charge is 2.49. The van der Waals surface area contributed by atoms with Crippen LogP contribution < -0.4 is 5.32 Å². The number of hydrogen-bond donors (Lipinski definition) is 1. The first-order chi connectivity index (χ1) is 10.5. The standard InChI is InChI=1S/C16H13N3O2S/c1-16(13-6-7-22-10-13)14(20)19(15(21)18-16)9-12-4-2-11(8-17)3-5-12/h2-7,10H,9H2,1H3,(H,18,21)/t16-/m1/s1. The maximum Gasteiger partial charge on any atom is 0.325 e. The Balaban J connectivity index is 1.84. The van der Waals surface area contributed by atoms with E-state index in [9.17, 15) is 9.59 Å². The summed E-state index contributed by atoms with van der Waals surface area (Å²) in [6.07, 6.45) is 0. The summed E-state index contributed by atoms with van der Waals surface area (Å²) in [5, 5.41) is 15.3. The number of benzene rings is 1. The van der Waals surface area contributed by atoms with Crippen molar-refractivity contribution >= 4 is 23.3 Å². The van der Waals surface area contributed by atoms with Gasteiger partial charge >= 0.3 is 6.03 Å². The van der Waals surface area contributed by atoms with E-state index < -0.39 is 11.6 Å². The van der Waals surface area contributed by atoms with Crippen LogP contribution in [0.2, 0.25) is 0 Å². The predicted molar refractivity (Wildman–Crippen MR) is 81.9 cm³/mol. The first kappa shape index (κ1) is 14.3. The van der Waals surface area contributed by atoms with E-state index in [4.69, 9.17) is 5.26 Å². The van der Waals surface area contributed by atoms with Gasteiger partial charge in [0.1, 0.15) is 5.54 Å². The number of imide groups is 1. The second kappa shape index (κ2) is 5.28. The van der Waals surface area contributed by atoms with Gasteiger partial charge < -0.3 is 5.32 Å². The van der Waals surface area contributed by atoms with E-state index in [-0.39, 0.29) is 12.5 Å². The average Bonchev–Trinajstić information content (AvgIpc) is 3.13. The predicted octanol–water partition coefficient (Wildman–Crippen LogP) is 2.59. The lowest BCUT2D eigenvalue weighted by molar-refractivity contribution is -0.131. The molecule has 1 aromatic heterocycles.